The molecular formula is C14H20N4S. The molecule has 0 radical (unpaired) electrons. The maximum atomic E-state index is 4.30. The fraction of sp³-hybridized carbons (Fsp3) is 0.500. The summed E-state index contributed by atoms with van der Waals surface area (Å²) in [6.45, 7) is 7.25. The van der Waals surface area contributed by atoms with Gasteiger partial charge in [0.15, 0.2) is 0 Å². The van der Waals surface area contributed by atoms with Gasteiger partial charge >= 0.3 is 0 Å². The normalized spacial score (nSPS) is 12.6. The molecule has 2 aromatic heterocycles. The Hall–Kier alpha value is -1.33. The average Bonchev–Trinajstić information content (AvgIpc) is 2.84. The minimum Gasteiger partial charge on any atom is -0.306 e. The first kappa shape index (κ1) is 14.1. The van der Waals surface area contributed by atoms with Gasteiger partial charge in [-0.3, -0.25) is 4.98 Å². The molecule has 0 aromatic carbocycles. The topological polar surface area (TPSA) is 50.7 Å². The number of nitrogens with zero attached hydrogens (tertiary/aromatic N) is 3. The molecule has 102 valence electrons. The third-order valence-corrected chi connectivity index (χ3v) is 3.80. The zero-order chi connectivity index (χ0) is 13.7. The Morgan fingerprint density at radius 2 is 2.16 bits per heavy atom. The SMILES string of the molecule is CCCc1nnsc1C(NCC)c1cncc(C)c1. The lowest BCUT2D eigenvalue weighted by atomic mass is 10.0. The van der Waals surface area contributed by atoms with Crippen molar-refractivity contribution in [1.82, 2.24) is 19.9 Å². The van der Waals surface area contributed by atoms with Gasteiger partial charge in [0.05, 0.1) is 16.6 Å². The lowest BCUT2D eigenvalue weighted by Crippen LogP contribution is -2.22. The Labute approximate surface area is 118 Å². The van der Waals surface area contributed by atoms with E-state index in [4.69, 9.17) is 0 Å². The Morgan fingerprint density at radius 3 is 2.84 bits per heavy atom. The summed E-state index contributed by atoms with van der Waals surface area (Å²) in [6.07, 6.45) is 5.87. The molecule has 19 heavy (non-hydrogen) atoms. The van der Waals surface area contributed by atoms with E-state index in [0.29, 0.717) is 0 Å². The van der Waals surface area contributed by atoms with Gasteiger partial charge in [0.25, 0.3) is 0 Å². The minimum atomic E-state index is 0.152. The summed E-state index contributed by atoms with van der Waals surface area (Å²) in [7, 11) is 0. The lowest BCUT2D eigenvalue weighted by molar-refractivity contribution is 0.628. The van der Waals surface area contributed by atoms with Crippen LogP contribution in [0.5, 0.6) is 0 Å². The predicted molar refractivity (Wildman–Crippen MR) is 78.4 cm³/mol. The largest absolute Gasteiger partial charge is 0.306 e. The fourth-order valence-electron chi connectivity index (χ4n) is 2.15. The molecule has 2 heterocycles. The molecule has 5 heteroatoms. The average molecular weight is 276 g/mol. The lowest BCUT2D eigenvalue weighted by Gasteiger charge is -2.17. The van der Waals surface area contributed by atoms with Crippen molar-refractivity contribution in [3.05, 3.63) is 40.2 Å². The molecule has 0 bridgehead atoms. The van der Waals surface area contributed by atoms with Crippen molar-refractivity contribution < 1.29 is 0 Å². The molecule has 2 aromatic rings. The molecule has 1 atom stereocenters. The van der Waals surface area contributed by atoms with Crippen molar-refractivity contribution in [3.63, 3.8) is 0 Å². The van der Waals surface area contributed by atoms with Gasteiger partial charge in [-0.05, 0) is 42.5 Å². The van der Waals surface area contributed by atoms with Gasteiger partial charge < -0.3 is 5.32 Å². The second kappa shape index (κ2) is 6.73. The van der Waals surface area contributed by atoms with Crippen LogP contribution < -0.4 is 5.32 Å². The van der Waals surface area contributed by atoms with Crippen LogP contribution in [0.2, 0.25) is 0 Å². The van der Waals surface area contributed by atoms with Crippen LogP contribution in [0.4, 0.5) is 0 Å². The number of aryl methyl sites for hydroxylation is 2. The standard InChI is InChI=1S/C14H20N4S/c1-4-6-12-14(19-18-17-12)13(16-5-2)11-7-10(3)8-15-9-11/h7-9,13,16H,4-6H2,1-3H3. The first-order chi connectivity index (χ1) is 9.26. The molecule has 0 aliphatic carbocycles. The van der Waals surface area contributed by atoms with E-state index in [1.165, 1.54) is 27.5 Å². The van der Waals surface area contributed by atoms with Crippen LogP contribution in [-0.4, -0.2) is 21.1 Å². The van der Waals surface area contributed by atoms with Gasteiger partial charge in [0.1, 0.15) is 0 Å². The number of rotatable bonds is 6. The molecule has 0 saturated carbocycles. The van der Waals surface area contributed by atoms with Crippen molar-refractivity contribution in [3.8, 4) is 0 Å². The summed E-state index contributed by atoms with van der Waals surface area (Å²) in [4.78, 5) is 5.52. The molecule has 2 rings (SSSR count). The molecule has 0 fully saturated rings. The number of pyridine rings is 1. The zero-order valence-corrected chi connectivity index (χ0v) is 12.5. The van der Waals surface area contributed by atoms with Crippen LogP contribution in [0.25, 0.3) is 0 Å². The van der Waals surface area contributed by atoms with Gasteiger partial charge in [-0.25, -0.2) is 0 Å². The third-order valence-electron chi connectivity index (χ3n) is 2.97. The monoisotopic (exact) mass is 276 g/mol. The highest BCUT2D eigenvalue weighted by molar-refractivity contribution is 7.05. The van der Waals surface area contributed by atoms with E-state index in [1.807, 2.05) is 12.4 Å². The van der Waals surface area contributed by atoms with Crippen molar-refractivity contribution in [2.45, 2.75) is 39.7 Å². The summed E-state index contributed by atoms with van der Waals surface area (Å²) < 4.78 is 4.12. The molecule has 0 aliphatic rings. The van der Waals surface area contributed by atoms with Crippen LogP contribution >= 0.6 is 11.5 Å². The van der Waals surface area contributed by atoms with Crippen LogP contribution in [0.3, 0.4) is 0 Å². The van der Waals surface area contributed by atoms with Gasteiger partial charge in [-0.15, -0.1) is 5.10 Å². The summed E-state index contributed by atoms with van der Waals surface area (Å²) >= 11 is 1.49. The van der Waals surface area contributed by atoms with E-state index in [0.717, 1.165) is 25.1 Å². The van der Waals surface area contributed by atoms with E-state index in [2.05, 4.69) is 46.7 Å². The maximum Gasteiger partial charge on any atom is 0.0807 e. The zero-order valence-electron chi connectivity index (χ0n) is 11.7. The molecule has 0 amide bonds. The molecule has 0 saturated heterocycles. The number of hydrogen-bond acceptors (Lipinski definition) is 5. The molecule has 1 N–H and O–H groups in total. The van der Waals surface area contributed by atoms with Crippen molar-refractivity contribution in [1.29, 1.82) is 0 Å². The quantitative estimate of drug-likeness (QED) is 0.881. The highest BCUT2D eigenvalue weighted by atomic mass is 32.1. The second-order valence-electron chi connectivity index (χ2n) is 4.62. The molecule has 1 unspecified atom stereocenters. The highest BCUT2D eigenvalue weighted by Gasteiger charge is 2.20. The molecular weight excluding hydrogens is 256 g/mol. The molecule has 0 spiro atoms. The van der Waals surface area contributed by atoms with Gasteiger partial charge in [0, 0.05) is 12.4 Å². The first-order valence-corrected chi connectivity index (χ1v) is 7.49. The maximum absolute atomic E-state index is 4.30. The minimum absolute atomic E-state index is 0.152. The fourth-order valence-corrected chi connectivity index (χ4v) is 2.95. The smallest absolute Gasteiger partial charge is 0.0807 e. The van der Waals surface area contributed by atoms with E-state index in [1.54, 1.807) is 0 Å². The van der Waals surface area contributed by atoms with E-state index in [9.17, 15) is 0 Å². The van der Waals surface area contributed by atoms with Crippen LogP contribution in [0.15, 0.2) is 18.5 Å². The number of nitrogens with one attached hydrogen (secondary N) is 1. The molecule has 4 nitrogen and oxygen atoms in total. The van der Waals surface area contributed by atoms with Crippen molar-refractivity contribution in [2.75, 3.05) is 6.54 Å². The van der Waals surface area contributed by atoms with Crippen LogP contribution in [-0.2, 0) is 6.42 Å². The van der Waals surface area contributed by atoms with Crippen LogP contribution in [0, 0.1) is 6.92 Å². The summed E-state index contributed by atoms with van der Waals surface area (Å²) in [5.41, 5.74) is 3.47. The Kier molecular flexibility index (Phi) is 4.99. The van der Waals surface area contributed by atoms with Gasteiger partial charge in [0.2, 0.25) is 0 Å². The van der Waals surface area contributed by atoms with Gasteiger partial charge in [-0.2, -0.15) is 0 Å². The second-order valence-corrected chi connectivity index (χ2v) is 5.41. The van der Waals surface area contributed by atoms with Crippen molar-refractivity contribution >= 4 is 11.5 Å². The summed E-state index contributed by atoms with van der Waals surface area (Å²) in [6, 6.07) is 2.33. The van der Waals surface area contributed by atoms with E-state index < -0.39 is 0 Å². The number of hydrogen-bond donors (Lipinski definition) is 1. The summed E-state index contributed by atoms with van der Waals surface area (Å²) in [5.74, 6) is 0. The first-order valence-electron chi connectivity index (χ1n) is 6.72. The van der Waals surface area contributed by atoms with E-state index in [-0.39, 0.29) is 6.04 Å². The highest BCUT2D eigenvalue weighted by Crippen LogP contribution is 2.27. The summed E-state index contributed by atoms with van der Waals surface area (Å²) in [5, 5.41) is 7.78. The van der Waals surface area contributed by atoms with Gasteiger partial charge in [-0.1, -0.05) is 30.8 Å². The third kappa shape index (κ3) is 3.36. The Balaban J connectivity index is 2.36. The van der Waals surface area contributed by atoms with Crippen LogP contribution in [0.1, 0.15) is 48.0 Å². The van der Waals surface area contributed by atoms with Crippen molar-refractivity contribution in [2.24, 2.45) is 0 Å². The Morgan fingerprint density at radius 1 is 1.32 bits per heavy atom. The number of aromatic nitrogens is 3. The Bertz CT molecular complexity index is 524. The predicted octanol–water partition coefficient (Wildman–Crippen LogP) is 2.89. The van der Waals surface area contributed by atoms with E-state index >= 15 is 0 Å². The molecule has 0 aliphatic heterocycles.